The molecule has 0 radical (unpaired) electrons. The van der Waals surface area contributed by atoms with Gasteiger partial charge in [-0.3, -0.25) is 9.59 Å². The number of benzene rings is 2. The highest BCUT2D eigenvalue weighted by Crippen LogP contribution is 2.14. The summed E-state index contributed by atoms with van der Waals surface area (Å²) < 4.78 is 4.92. The van der Waals surface area contributed by atoms with Crippen LogP contribution in [0.1, 0.15) is 27.6 Å². The van der Waals surface area contributed by atoms with Gasteiger partial charge in [0.15, 0.2) is 5.82 Å². The van der Waals surface area contributed by atoms with E-state index in [1.165, 1.54) is 0 Å². The lowest BCUT2D eigenvalue weighted by atomic mass is 10.2. The fraction of sp³-hybridized carbons (Fsp3) is 0.158. The van der Waals surface area contributed by atoms with E-state index in [0.717, 1.165) is 11.1 Å². The smallest absolute Gasteiger partial charge is 0.315 e. The Morgan fingerprint density at radius 3 is 2.48 bits per heavy atom. The van der Waals surface area contributed by atoms with Crippen molar-refractivity contribution < 1.29 is 14.1 Å². The van der Waals surface area contributed by atoms with Crippen molar-refractivity contribution in [3.8, 4) is 0 Å². The SMILES string of the molecule is O=C(Cc1noc(C(=O)NCc2ccccc2Cl)n1)NCc1ccccc1. The molecule has 2 aromatic carbocycles. The second-order valence-electron chi connectivity index (χ2n) is 5.73. The number of rotatable bonds is 7. The largest absolute Gasteiger partial charge is 0.352 e. The third-order valence-electron chi connectivity index (χ3n) is 3.71. The molecule has 0 saturated heterocycles. The highest BCUT2D eigenvalue weighted by Gasteiger charge is 2.17. The minimum Gasteiger partial charge on any atom is -0.352 e. The van der Waals surface area contributed by atoms with Crippen LogP contribution < -0.4 is 10.6 Å². The summed E-state index contributed by atoms with van der Waals surface area (Å²) in [5, 5.41) is 9.64. The molecular weight excluding hydrogens is 368 g/mol. The van der Waals surface area contributed by atoms with E-state index in [0.29, 0.717) is 11.6 Å². The minimum atomic E-state index is -0.529. The Bertz CT molecular complexity index is 927. The molecule has 0 aliphatic carbocycles. The molecule has 0 saturated carbocycles. The molecule has 3 aromatic rings. The number of nitrogens with one attached hydrogen (secondary N) is 2. The molecule has 0 aliphatic heterocycles. The Morgan fingerprint density at radius 1 is 0.963 bits per heavy atom. The summed E-state index contributed by atoms with van der Waals surface area (Å²) in [5.41, 5.74) is 1.76. The van der Waals surface area contributed by atoms with E-state index in [1.54, 1.807) is 18.2 Å². The van der Waals surface area contributed by atoms with E-state index in [4.69, 9.17) is 16.1 Å². The van der Waals surface area contributed by atoms with Crippen LogP contribution in [0.3, 0.4) is 0 Å². The average Bonchev–Trinajstić information content (AvgIpc) is 3.15. The molecule has 1 aromatic heterocycles. The number of carbonyl (C=O) groups is 2. The van der Waals surface area contributed by atoms with Gasteiger partial charge in [0.25, 0.3) is 0 Å². The predicted octanol–water partition coefficient (Wildman–Crippen LogP) is 2.51. The lowest BCUT2D eigenvalue weighted by molar-refractivity contribution is -0.120. The molecular formula is C19H17ClN4O3. The quantitative estimate of drug-likeness (QED) is 0.652. The van der Waals surface area contributed by atoms with E-state index >= 15 is 0 Å². The summed E-state index contributed by atoms with van der Waals surface area (Å²) >= 11 is 6.04. The van der Waals surface area contributed by atoms with Gasteiger partial charge in [0, 0.05) is 18.1 Å². The molecule has 0 fully saturated rings. The molecule has 0 atom stereocenters. The van der Waals surface area contributed by atoms with Crippen LogP contribution in [0, 0.1) is 0 Å². The van der Waals surface area contributed by atoms with Crippen LogP contribution in [0.2, 0.25) is 5.02 Å². The van der Waals surface area contributed by atoms with E-state index < -0.39 is 5.91 Å². The van der Waals surface area contributed by atoms with E-state index in [-0.39, 0.29) is 30.6 Å². The zero-order valence-corrected chi connectivity index (χ0v) is 15.1. The normalized spacial score (nSPS) is 10.4. The molecule has 1 heterocycles. The lowest BCUT2D eigenvalue weighted by Gasteiger charge is -2.04. The molecule has 2 N–H and O–H groups in total. The van der Waals surface area contributed by atoms with Gasteiger partial charge < -0.3 is 15.2 Å². The molecule has 7 nitrogen and oxygen atoms in total. The van der Waals surface area contributed by atoms with Crippen LogP contribution in [0.25, 0.3) is 0 Å². The number of hydrogen-bond acceptors (Lipinski definition) is 5. The molecule has 2 amide bonds. The van der Waals surface area contributed by atoms with Crippen molar-refractivity contribution in [2.24, 2.45) is 0 Å². The van der Waals surface area contributed by atoms with Gasteiger partial charge in [-0.25, -0.2) is 0 Å². The first-order valence-corrected chi connectivity index (χ1v) is 8.64. The highest BCUT2D eigenvalue weighted by molar-refractivity contribution is 6.31. The van der Waals surface area contributed by atoms with Gasteiger partial charge in [0.05, 0.1) is 6.42 Å². The number of carbonyl (C=O) groups excluding carboxylic acids is 2. The first kappa shape index (κ1) is 18.6. The summed E-state index contributed by atoms with van der Waals surface area (Å²) in [5.74, 6) is -0.850. The predicted molar refractivity (Wildman–Crippen MR) is 98.9 cm³/mol. The van der Waals surface area contributed by atoms with Gasteiger partial charge in [0.2, 0.25) is 5.91 Å². The maximum absolute atomic E-state index is 12.1. The molecule has 138 valence electrons. The first-order valence-electron chi connectivity index (χ1n) is 8.26. The van der Waals surface area contributed by atoms with Crippen LogP contribution >= 0.6 is 11.6 Å². The van der Waals surface area contributed by atoms with Crippen molar-refractivity contribution in [2.45, 2.75) is 19.5 Å². The van der Waals surface area contributed by atoms with E-state index in [1.807, 2.05) is 36.4 Å². The Hall–Kier alpha value is -3.19. The lowest BCUT2D eigenvalue weighted by Crippen LogP contribution is -2.25. The summed E-state index contributed by atoms with van der Waals surface area (Å²) in [6, 6.07) is 16.7. The Balaban J connectivity index is 1.49. The fourth-order valence-electron chi connectivity index (χ4n) is 2.31. The van der Waals surface area contributed by atoms with Gasteiger partial charge in [-0.15, -0.1) is 0 Å². The number of halogens is 1. The third kappa shape index (κ3) is 5.39. The van der Waals surface area contributed by atoms with Gasteiger partial charge >= 0.3 is 11.8 Å². The van der Waals surface area contributed by atoms with Gasteiger partial charge in [0.1, 0.15) is 0 Å². The standard InChI is InChI=1S/C19H17ClN4O3/c20-15-9-5-4-8-14(15)12-22-18(26)19-23-16(24-27-19)10-17(25)21-11-13-6-2-1-3-7-13/h1-9H,10-12H2,(H,21,25)(H,22,26). The molecule has 3 rings (SSSR count). The second-order valence-corrected chi connectivity index (χ2v) is 6.14. The number of nitrogens with zero attached hydrogens (tertiary/aromatic N) is 2. The van der Waals surface area contributed by atoms with Gasteiger partial charge in [-0.1, -0.05) is 65.3 Å². The first-order chi connectivity index (χ1) is 13.1. The monoisotopic (exact) mass is 384 g/mol. The van der Waals surface area contributed by atoms with Crippen molar-refractivity contribution in [2.75, 3.05) is 0 Å². The van der Waals surface area contributed by atoms with Crippen LogP contribution in [0.4, 0.5) is 0 Å². The Labute approximate surface area is 160 Å². The number of hydrogen-bond donors (Lipinski definition) is 2. The topological polar surface area (TPSA) is 97.1 Å². The van der Waals surface area contributed by atoms with Crippen LogP contribution in [0.5, 0.6) is 0 Å². The summed E-state index contributed by atoms with van der Waals surface area (Å²) in [6.07, 6.45) is -0.0753. The summed E-state index contributed by atoms with van der Waals surface area (Å²) in [4.78, 5) is 28.0. The third-order valence-corrected chi connectivity index (χ3v) is 4.08. The van der Waals surface area contributed by atoms with Crippen LogP contribution in [-0.4, -0.2) is 22.0 Å². The van der Waals surface area contributed by atoms with Crippen molar-refractivity contribution in [1.29, 1.82) is 0 Å². The van der Waals surface area contributed by atoms with Gasteiger partial charge in [-0.2, -0.15) is 4.98 Å². The highest BCUT2D eigenvalue weighted by atomic mass is 35.5. The van der Waals surface area contributed by atoms with Crippen LogP contribution in [0.15, 0.2) is 59.1 Å². The summed E-state index contributed by atoms with van der Waals surface area (Å²) in [7, 11) is 0. The maximum atomic E-state index is 12.1. The van der Waals surface area contributed by atoms with Crippen molar-refractivity contribution in [1.82, 2.24) is 20.8 Å². The molecule has 0 spiro atoms. The Kier molecular flexibility index (Phi) is 6.17. The van der Waals surface area contributed by atoms with Crippen molar-refractivity contribution in [3.05, 3.63) is 82.5 Å². The second kappa shape index (κ2) is 8.95. The number of aromatic nitrogens is 2. The minimum absolute atomic E-state index is 0.0753. The molecule has 27 heavy (non-hydrogen) atoms. The molecule has 0 unspecified atom stereocenters. The Morgan fingerprint density at radius 2 is 1.70 bits per heavy atom. The summed E-state index contributed by atoms with van der Waals surface area (Å²) in [6.45, 7) is 0.635. The fourth-order valence-corrected chi connectivity index (χ4v) is 2.52. The zero-order valence-electron chi connectivity index (χ0n) is 14.3. The van der Waals surface area contributed by atoms with Gasteiger partial charge in [-0.05, 0) is 17.2 Å². The maximum Gasteiger partial charge on any atom is 0.315 e. The van der Waals surface area contributed by atoms with E-state index in [9.17, 15) is 9.59 Å². The molecule has 0 aliphatic rings. The molecule has 8 heteroatoms. The zero-order chi connectivity index (χ0) is 19.1. The average molecular weight is 385 g/mol. The molecule has 0 bridgehead atoms. The van der Waals surface area contributed by atoms with Crippen molar-refractivity contribution in [3.63, 3.8) is 0 Å². The number of amides is 2. The van der Waals surface area contributed by atoms with Crippen LogP contribution in [-0.2, 0) is 24.3 Å². The van der Waals surface area contributed by atoms with Crippen molar-refractivity contribution >= 4 is 23.4 Å². The van der Waals surface area contributed by atoms with E-state index in [2.05, 4.69) is 20.8 Å².